The SMILES string of the molecule is Cc1ccc(N(CC(=O)NCc2ccccc2CN2CCCC2=O)S(=O)(=O)c2ccccc2)cc1. The molecule has 0 aromatic heterocycles. The van der Waals surface area contributed by atoms with E-state index in [1.165, 1.54) is 12.1 Å². The van der Waals surface area contributed by atoms with E-state index in [4.69, 9.17) is 0 Å². The Hall–Kier alpha value is -3.65. The average molecular weight is 492 g/mol. The lowest BCUT2D eigenvalue weighted by Gasteiger charge is -2.24. The zero-order valence-corrected chi connectivity index (χ0v) is 20.5. The highest BCUT2D eigenvalue weighted by Crippen LogP contribution is 2.24. The summed E-state index contributed by atoms with van der Waals surface area (Å²) in [5, 5.41) is 2.86. The predicted octanol–water partition coefficient (Wildman–Crippen LogP) is 3.63. The van der Waals surface area contributed by atoms with Crippen LogP contribution in [-0.2, 0) is 32.7 Å². The molecule has 4 rings (SSSR count). The molecule has 1 fully saturated rings. The Kier molecular flexibility index (Phi) is 7.51. The van der Waals surface area contributed by atoms with Crippen molar-refractivity contribution < 1.29 is 18.0 Å². The summed E-state index contributed by atoms with van der Waals surface area (Å²) < 4.78 is 28.0. The van der Waals surface area contributed by atoms with Crippen LogP contribution in [0.3, 0.4) is 0 Å². The van der Waals surface area contributed by atoms with Crippen LogP contribution in [0, 0.1) is 6.92 Å². The molecule has 1 N–H and O–H groups in total. The first-order valence-electron chi connectivity index (χ1n) is 11.6. The van der Waals surface area contributed by atoms with Crippen LogP contribution >= 0.6 is 0 Å². The van der Waals surface area contributed by atoms with Gasteiger partial charge in [-0.2, -0.15) is 0 Å². The first-order valence-corrected chi connectivity index (χ1v) is 13.0. The molecule has 35 heavy (non-hydrogen) atoms. The van der Waals surface area contributed by atoms with E-state index in [1.807, 2.05) is 48.2 Å². The molecule has 0 unspecified atom stereocenters. The van der Waals surface area contributed by atoms with Gasteiger partial charge in [-0.05, 0) is 48.7 Å². The van der Waals surface area contributed by atoms with Gasteiger partial charge in [0.1, 0.15) is 6.54 Å². The van der Waals surface area contributed by atoms with Crippen molar-refractivity contribution in [1.82, 2.24) is 10.2 Å². The van der Waals surface area contributed by atoms with Gasteiger partial charge in [0.05, 0.1) is 10.6 Å². The summed E-state index contributed by atoms with van der Waals surface area (Å²) >= 11 is 0. The Morgan fingerprint density at radius 2 is 1.60 bits per heavy atom. The summed E-state index contributed by atoms with van der Waals surface area (Å²) in [6.45, 7) is 3.04. The Morgan fingerprint density at radius 3 is 2.26 bits per heavy atom. The summed E-state index contributed by atoms with van der Waals surface area (Å²) in [5.74, 6) is -0.277. The van der Waals surface area contributed by atoms with Crippen LogP contribution in [0.2, 0.25) is 0 Å². The minimum atomic E-state index is -3.95. The van der Waals surface area contributed by atoms with E-state index in [2.05, 4.69) is 5.32 Å². The molecule has 3 aromatic carbocycles. The van der Waals surface area contributed by atoms with Gasteiger partial charge in [-0.1, -0.05) is 60.2 Å². The van der Waals surface area contributed by atoms with Gasteiger partial charge in [0, 0.05) is 26.1 Å². The molecule has 8 heteroatoms. The zero-order chi connectivity index (χ0) is 24.8. The number of carbonyl (C=O) groups is 2. The third-order valence-corrected chi connectivity index (χ3v) is 7.86. The lowest BCUT2D eigenvalue weighted by Crippen LogP contribution is -2.40. The van der Waals surface area contributed by atoms with Crippen LogP contribution in [0.15, 0.2) is 83.8 Å². The zero-order valence-electron chi connectivity index (χ0n) is 19.7. The third kappa shape index (κ3) is 5.89. The second-order valence-corrected chi connectivity index (χ2v) is 10.5. The fraction of sp³-hybridized carbons (Fsp3) is 0.259. The first kappa shape index (κ1) is 24.5. The molecule has 182 valence electrons. The molecule has 1 aliphatic rings. The average Bonchev–Trinajstić information content (AvgIpc) is 3.27. The maximum atomic E-state index is 13.4. The molecule has 0 atom stereocenters. The molecule has 2 amide bonds. The van der Waals surface area contributed by atoms with Gasteiger partial charge in [-0.25, -0.2) is 8.42 Å². The van der Waals surface area contributed by atoms with Gasteiger partial charge in [-0.15, -0.1) is 0 Å². The smallest absolute Gasteiger partial charge is 0.264 e. The number of likely N-dealkylation sites (tertiary alicyclic amines) is 1. The largest absolute Gasteiger partial charge is 0.350 e. The fourth-order valence-corrected chi connectivity index (χ4v) is 5.53. The third-order valence-electron chi connectivity index (χ3n) is 6.07. The molecule has 3 aromatic rings. The van der Waals surface area contributed by atoms with Crippen LogP contribution in [0.4, 0.5) is 5.69 Å². The van der Waals surface area contributed by atoms with E-state index < -0.39 is 15.9 Å². The molecular formula is C27H29N3O4S. The number of anilines is 1. The molecule has 0 spiro atoms. The van der Waals surface area contributed by atoms with E-state index in [0.717, 1.165) is 34.0 Å². The van der Waals surface area contributed by atoms with Crippen molar-refractivity contribution in [3.05, 3.63) is 95.6 Å². The van der Waals surface area contributed by atoms with Gasteiger partial charge in [0.2, 0.25) is 11.8 Å². The molecule has 7 nitrogen and oxygen atoms in total. The Bertz CT molecular complexity index is 1290. The topological polar surface area (TPSA) is 86.8 Å². The molecule has 0 aliphatic carbocycles. The molecular weight excluding hydrogens is 462 g/mol. The van der Waals surface area contributed by atoms with Crippen LogP contribution in [0.1, 0.15) is 29.5 Å². The van der Waals surface area contributed by atoms with Crippen LogP contribution in [0.5, 0.6) is 0 Å². The van der Waals surface area contributed by atoms with Gasteiger partial charge >= 0.3 is 0 Å². The summed E-state index contributed by atoms with van der Waals surface area (Å²) in [7, 11) is -3.95. The van der Waals surface area contributed by atoms with Crippen molar-refractivity contribution in [2.75, 3.05) is 17.4 Å². The number of nitrogens with one attached hydrogen (secondary N) is 1. The highest BCUT2D eigenvalue weighted by atomic mass is 32.2. The van der Waals surface area contributed by atoms with Gasteiger partial charge < -0.3 is 10.2 Å². The van der Waals surface area contributed by atoms with Crippen molar-refractivity contribution in [2.24, 2.45) is 0 Å². The lowest BCUT2D eigenvalue weighted by atomic mass is 10.1. The number of sulfonamides is 1. The normalized spacial score (nSPS) is 13.6. The number of nitrogens with zero attached hydrogens (tertiary/aromatic N) is 2. The summed E-state index contributed by atoms with van der Waals surface area (Å²) in [6, 6.07) is 22.8. The van der Waals surface area contributed by atoms with Crippen molar-refractivity contribution in [1.29, 1.82) is 0 Å². The quantitative estimate of drug-likeness (QED) is 0.495. The van der Waals surface area contributed by atoms with E-state index in [-0.39, 0.29) is 23.9 Å². The van der Waals surface area contributed by atoms with E-state index >= 15 is 0 Å². The lowest BCUT2D eigenvalue weighted by molar-refractivity contribution is -0.128. The van der Waals surface area contributed by atoms with Crippen molar-refractivity contribution >= 4 is 27.5 Å². The number of hydrogen-bond donors (Lipinski definition) is 1. The van der Waals surface area contributed by atoms with Crippen molar-refractivity contribution in [3.8, 4) is 0 Å². The maximum absolute atomic E-state index is 13.4. The molecule has 1 saturated heterocycles. The first-order chi connectivity index (χ1) is 16.8. The second kappa shape index (κ2) is 10.7. The maximum Gasteiger partial charge on any atom is 0.264 e. The summed E-state index contributed by atoms with van der Waals surface area (Å²) in [5.41, 5.74) is 3.27. The molecule has 0 saturated carbocycles. The Labute approximate surface area is 206 Å². The highest BCUT2D eigenvalue weighted by molar-refractivity contribution is 7.92. The number of hydrogen-bond acceptors (Lipinski definition) is 4. The molecule has 0 bridgehead atoms. The predicted molar refractivity (Wildman–Crippen MR) is 135 cm³/mol. The summed E-state index contributed by atoms with van der Waals surface area (Å²) in [6.07, 6.45) is 1.44. The Morgan fingerprint density at radius 1 is 0.943 bits per heavy atom. The van der Waals surface area contributed by atoms with Crippen molar-refractivity contribution in [2.45, 2.75) is 37.8 Å². The fourth-order valence-electron chi connectivity index (χ4n) is 4.09. The van der Waals surface area contributed by atoms with Crippen molar-refractivity contribution in [3.63, 3.8) is 0 Å². The minimum Gasteiger partial charge on any atom is -0.350 e. The molecule has 0 radical (unpaired) electrons. The second-order valence-electron chi connectivity index (χ2n) is 8.62. The number of rotatable bonds is 9. The molecule has 1 heterocycles. The molecule has 1 aliphatic heterocycles. The highest BCUT2D eigenvalue weighted by Gasteiger charge is 2.27. The number of aryl methyl sites for hydroxylation is 1. The van der Waals surface area contributed by atoms with Gasteiger partial charge in [0.15, 0.2) is 0 Å². The van der Waals surface area contributed by atoms with Crippen LogP contribution < -0.4 is 9.62 Å². The van der Waals surface area contributed by atoms with E-state index in [0.29, 0.717) is 18.7 Å². The van der Waals surface area contributed by atoms with Crippen LogP contribution in [0.25, 0.3) is 0 Å². The minimum absolute atomic E-state index is 0.119. The van der Waals surface area contributed by atoms with Gasteiger partial charge in [0.25, 0.3) is 10.0 Å². The summed E-state index contributed by atoms with van der Waals surface area (Å²) in [4.78, 5) is 27.0. The standard InChI is InChI=1S/C27H29N3O4S/c1-21-13-15-24(16-14-21)30(35(33,34)25-10-3-2-4-11-25)20-26(31)28-18-22-8-5-6-9-23(22)19-29-17-7-12-27(29)32/h2-6,8-11,13-16H,7,12,17-20H2,1H3,(H,28,31). The monoisotopic (exact) mass is 491 g/mol. The van der Waals surface area contributed by atoms with E-state index in [1.54, 1.807) is 30.3 Å². The van der Waals surface area contributed by atoms with E-state index in [9.17, 15) is 18.0 Å². The number of carbonyl (C=O) groups excluding carboxylic acids is 2. The van der Waals surface area contributed by atoms with Crippen LogP contribution in [-0.4, -0.2) is 38.2 Å². The van der Waals surface area contributed by atoms with Gasteiger partial charge in [-0.3, -0.25) is 13.9 Å². The Balaban J connectivity index is 1.50. The number of amides is 2. The number of benzene rings is 3.